The lowest BCUT2D eigenvalue weighted by Crippen LogP contribution is -2.67. The summed E-state index contributed by atoms with van der Waals surface area (Å²) in [5.41, 5.74) is 0. The molecule has 148 valence electrons. The third-order valence-corrected chi connectivity index (χ3v) is 10.9. The van der Waals surface area contributed by atoms with E-state index in [4.69, 9.17) is 4.43 Å². The van der Waals surface area contributed by atoms with Crippen LogP contribution in [-0.4, -0.2) is 20.6 Å². The SMILES string of the molecule is CC(C)(C)[Si](OC(=O)C1CCC(C=O)CC1)(c1ccccc1)c1ccccc1. The molecule has 0 N–H and O–H groups in total. The fraction of sp³-hybridized carbons (Fsp3) is 0.417. The second-order valence-corrected chi connectivity index (χ2v) is 13.1. The molecule has 0 saturated heterocycles. The average Bonchev–Trinajstić information content (AvgIpc) is 2.72. The van der Waals surface area contributed by atoms with E-state index in [9.17, 15) is 9.59 Å². The Hall–Kier alpha value is -2.20. The third-order valence-electron chi connectivity index (χ3n) is 5.97. The Bertz CT molecular complexity index is 748. The van der Waals surface area contributed by atoms with Gasteiger partial charge in [0.25, 0.3) is 5.97 Å². The highest BCUT2D eigenvalue weighted by Crippen LogP contribution is 2.38. The zero-order valence-electron chi connectivity index (χ0n) is 17.1. The number of rotatable bonds is 5. The van der Waals surface area contributed by atoms with Gasteiger partial charge < -0.3 is 9.22 Å². The fourth-order valence-corrected chi connectivity index (χ4v) is 8.77. The molecule has 0 heterocycles. The third kappa shape index (κ3) is 3.97. The van der Waals surface area contributed by atoms with E-state index in [0.29, 0.717) is 0 Å². The lowest BCUT2D eigenvalue weighted by molar-refractivity contribution is -0.141. The summed E-state index contributed by atoms with van der Waals surface area (Å²) >= 11 is 0. The van der Waals surface area contributed by atoms with Gasteiger partial charge in [-0.1, -0.05) is 81.4 Å². The van der Waals surface area contributed by atoms with Crippen molar-refractivity contribution in [2.24, 2.45) is 11.8 Å². The first-order chi connectivity index (χ1) is 13.4. The summed E-state index contributed by atoms with van der Waals surface area (Å²) in [6.45, 7) is 6.53. The Kier molecular flexibility index (Phi) is 6.19. The molecule has 1 aliphatic carbocycles. The molecule has 1 saturated carbocycles. The first-order valence-corrected chi connectivity index (χ1v) is 12.1. The zero-order valence-corrected chi connectivity index (χ0v) is 18.1. The first-order valence-electron chi connectivity index (χ1n) is 10.2. The molecule has 3 nitrogen and oxygen atoms in total. The number of hydrogen-bond acceptors (Lipinski definition) is 3. The molecular weight excluding hydrogens is 364 g/mol. The highest BCUT2D eigenvalue weighted by atomic mass is 28.4. The molecule has 28 heavy (non-hydrogen) atoms. The van der Waals surface area contributed by atoms with E-state index in [0.717, 1.165) is 42.3 Å². The van der Waals surface area contributed by atoms with Crippen LogP contribution in [0, 0.1) is 11.8 Å². The van der Waals surface area contributed by atoms with Gasteiger partial charge >= 0.3 is 8.32 Å². The normalized spacial score (nSPS) is 20.4. The molecule has 4 heteroatoms. The van der Waals surface area contributed by atoms with Crippen LogP contribution in [-0.2, 0) is 14.0 Å². The predicted octanol–water partition coefficient (Wildman–Crippen LogP) is 4.09. The molecule has 0 radical (unpaired) electrons. The molecule has 0 aromatic heterocycles. The van der Waals surface area contributed by atoms with Crippen molar-refractivity contribution in [1.29, 1.82) is 0 Å². The maximum absolute atomic E-state index is 13.3. The predicted molar refractivity (Wildman–Crippen MR) is 115 cm³/mol. The highest BCUT2D eigenvalue weighted by molar-refractivity contribution is 7.00. The standard InChI is InChI=1S/C24H30O3Si/c1-24(2,3)28(21-10-6-4-7-11-21,22-12-8-5-9-13-22)27-23(26)20-16-14-19(18-25)15-17-20/h4-13,18-20H,14-17H2,1-3H3. The summed E-state index contributed by atoms with van der Waals surface area (Å²) < 4.78 is 6.59. The number of carbonyl (C=O) groups is 2. The minimum Gasteiger partial charge on any atom is -0.509 e. The highest BCUT2D eigenvalue weighted by Gasteiger charge is 2.53. The van der Waals surface area contributed by atoms with Crippen LogP contribution < -0.4 is 10.4 Å². The van der Waals surface area contributed by atoms with Gasteiger partial charge in [0.15, 0.2) is 0 Å². The minimum absolute atomic E-state index is 0.0944. The molecule has 0 aliphatic heterocycles. The van der Waals surface area contributed by atoms with E-state index >= 15 is 0 Å². The van der Waals surface area contributed by atoms with Crippen molar-refractivity contribution in [2.45, 2.75) is 51.5 Å². The smallest absolute Gasteiger partial charge is 0.323 e. The lowest BCUT2D eigenvalue weighted by Gasteiger charge is -2.43. The molecular formula is C24H30O3Si. The maximum Gasteiger partial charge on any atom is 0.323 e. The van der Waals surface area contributed by atoms with Crippen molar-refractivity contribution in [3.05, 3.63) is 60.7 Å². The first kappa shape index (κ1) is 20.5. The molecule has 1 fully saturated rings. The van der Waals surface area contributed by atoms with Gasteiger partial charge in [-0.3, -0.25) is 4.79 Å². The second-order valence-electron chi connectivity index (χ2n) is 8.83. The molecule has 1 aliphatic rings. The van der Waals surface area contributed by atoms with E-state index in [1.54, 1.807) is 0 Å². The average molecular weight is 395 g/mol. The lowest BCUT2D eigenvalue weighted by atomic mass is 9.83. The summed E-state index contributed by atoms with van der Waals surface area (Å²) in [5, 5.41) is 2.01. The fourth-order valence-electron chi connectivity index (χ4n) is 4.37. The van der Waals surface area contributed by atoms with Crippen LogP contribution in [0.1, 0.15) is 46.5 Å². The van der Waals surface area contributed by atoms with Crippen molar-refractivity contribution in [3.63, 3.8) is 0 Å². The van der Waals surface area contributed by atoms with Gasteiger partial charge in [0.2, 0.25) is 0 Å². The molecule has 2 aromatic rings. The largest absolute Gasteiger partial charge is 0.509 e. The van der Waals surface area contributed by atoms with Crippen LogP contribution in [0.25, 0.3) is 0 Å². The number of benzene rings is 2. The number of carbonyl (C=O) groups excluding carboxylic acids is 2. The van der Waals surface area contributed by atoms with Crippen molar-refractivity contribution in [1.82, 2.24) is 0 Å². The summed E-state index contributed by atoms with van der Waals surface area (Å²) in [6.07, 6.45) is 4.07. The Balaban J connectivity index is 2.01. The summed E-state index contributed by atoms with van der Waals surface area (Å²) in [7, 11) is -2.84. The van der Waals surface area contributed by atoms with Crippen LogP contribution in [0.4, 0.5) is 0 Å². The monoisotopic (exact) mass is 394 g/mol. The Morgan fingerprint density at radius 1 is 0.893 bits per heavy atom. The van der Waals surface area contributed by atoms with Gasteiger partial charge in [0, 0.05) is 5.92 Å². The molecule has 3 rings (SSSR count). The summed E-state index contributed by atoms with van der Waals surface area (Å²) in [5.74, 6) is -0.117. The second kappa shape index (κ2) is 8.44. The molecule has 0 atom stereocenters. The van der Waals surface area contributed by atoms with Gasteiger partial charge in [-0.2, -0.15) is 0 Å². The maximum atomic E-state index is 13.3. The van der Waals surface area contributed by atoms with E-state index in [-0.39, 0.29) is 22.8 Å². The van der Waals surface area contributed by atoms with Crippen molar-refractivity contribution in [2.75, 3.05) is 0 Å². The van der Waals surface area contributed by atoms with E-state index in [1.165, 1.54) is 0 Å². The number of aldehydes is 1. The van der Waals surface area contributed by atoms with Crippen LogP contribution in [0.15, 0.2) is 60.7 Å². The van der Waals surface area contributed by atoms with Gasteiger partial charge in [-0.15, -0.1) is 0 Å². The van der Waals surface area contributed by atoms with Gasteiger partial charge in [0.1, 0.15) is 6.29 Å². The van der Waals surface area contributed by atoms with Crippen molar-refractivity contribution in [3.8, 4) is 0 Å². The van der Waals surface area contributed by atoms with Crippen LogP contribution in [0.5, 0.6) is 0 Å². The van der Waals surface area contributed by atoms with Gasteiger partial charge in [-0.05, 0) is 41.1 Å². The zero-order chi connectivity index (χ0) is 20.2. The van der Waals surface area contributed by atoms with Crippen LogP contribution >= 0.6 is 0 Å². The van der Waals surface area contributed by atoms with E-state index in [1.807, 2.05) is 36.4 Å². The van der Waals surface area contributed by atoms with E-state index in [2.05, 4.69) is 45.0 Å². The quantitative estimate of drug-likeness (QED) is 0.567. The van der Waals surface area contributed by atoms with Crippen molar-refractivity contribution >= 4 is 30.9 Å². The minimum atomic E-state index is -2.84. The van der Waals surface area contributed by atoms with Crippen LogP contribution in [0.3, 0.4) is 0 Å². The Labute approximate surface area is 169 Å². The summed E-state index contributed by atoms with van der Waals surface area (Å²) in [4.78, 5) is 24.4. The molecule has 2 aromatic carbocycles. The van der Waals surface area contributed by atoms with E-state index < -0.39 is 8.32 Å². The Morgan fingerprint density at radius 3 is 1.75 bits per heavy atom. The molecule has 0 spiro atoms. The summed E-state index contributed by atoms with van der Waals surface area (Å²) in [6, 6.07) is 20.5. The van der Waals surface area contributed by atoms with Crippen LogP contribution in [0.2, 0.25) is 5.04 Å². The van der Waals surface area contributed by atoms with Gasteiger partial charge in [0.05, 0.1) is 5.92 Å². The van der Waals surface area contributed by atoms with Crippen molar-refractivity contribution < 1.29 is 14.0 Å². The van der Waals surface area contributed by atoms with Gasteiger partial charge in [-0.25, -0.2) is 0 Å². The molecule has 0 bridgehead atoms. The molecule has 0 unspecified atom stereocenters. The number of hydrogen-bond donors (Lipinski definition) is 0. The topological polar surface area (TPSA) is 43.4 Å². The Morgan fingerprint density at radius 2 is 1.36 bits per heavy atom. The molecule has 0 amide bonds.